The molecule has 5 rings (SSSR count). The maximum absolute atomic E-state index is 14.9. The van der Waals surface area contributed by atoms with Crippen LogP contribution in [0, 0.1) is 34.9 Å². The Hall–Kier alpha value is -1.46. The van der Waals surface area contributed by atoms with E-state index in [1.54, 1.807) is 13.0 Å². The van der Waals surface area contributed by atoms with Gasteiger partial charge in [0.15, 0.2) is 0 Å². The zero-order valence-corrected chi connectivity index (χ0v) is 23.0. The topological polar surface area (TPSA) is 123 Å². The number of aliphatic hydroxyl groups excluding tert-OH is 2. The Kier molecular flexibility index (Phi) is 8.22. The number of rotatable bonds is 9. The molecule has 9 atom stereocenters. The van der Waals surface area contributed by atoms with Gasteiger partial charge in [-0.25, -0.2) is 4.39 Å². The van der Waals surface area contributed by atoms with Gasteiger partial charge in [-0.1, -0.05) is 25.9 Å². The van der Waals surface area contributed by atoms with Crippen molar-refractivity contribution in [2.75, 3.05) is 13.7 Å². The van der Waals surface area contributed by atoms with Crippen LogP contribution in [0.1, 0.15) is 46.1 Å². The van der Waals surface area contributed by atoms with E-state index in [1.807, 2.05) is 0 Å². The molecule has 0 spiro atoms. The van der Waals surface area contributed by atoms with Crippen molar-refractivity contribution in [1.29, 1.82) is 0 Å². The highest BCUT2D eigenvalue weighted by molar-refractivity contribution is 9.10. The number of fused-ring (bicyclic) bond motifs is 2. The molecule has 1 aromatic carbocycles. The molecule has 0 radical (unpaired) electrons. The molecule has 200 valence electrons. The summed E-state index contributed by atoms with van der Waals surface area (Å²) in [6.07, 6.45) is -0.436. The average molecular weight is 571 g/mol. The molecule has 1 heterocycles. The van der Waals surface area contributed by atoms with Crippen LogP contribution >= 0.6 is 15.9 Å². The van der Waals surface area contributed by atoms with Gasteiger partial charge >= 0.3 is 0 Å². The van der Waals surface area contributed by atoms with E-state index in [-0.39, 0.29) is 24.7 Å². The Labute approximate surface area is 220 Å². The quantitative estimate of drug-likeness (QED) is 0.176. The molecule has 36 heavy (non-hydrogen) atoms. The Morgan fingerprint density at radius 1 is 1.39 bits per heavy atom. The van der Waals surface area contributed by atoms with Crippen LogP contribution in [0.4, 0.5) is 4.39 Å². The van der Waals surface area contributed by atoms with Gasteiger partial charge < -0.3 is 14.9 Å². The van der Waals surface area contributed by atoms with E-state index in [9.17, 15) is 14.6 Å². The van der Waals surface area contributed by atoms with Gasteiger partial charge in [0.2, 0.25) is 0 Å². The van der Waals surface area contributed by atoms with Gasteiger partial charge in [0, 0.05) is 22.4 Å². The summed E-state index contributed by atoms with van der Waals surface area (Å²) in [6.45, 7) is 8.44. The third-order valence-corrected chi connectivity index (χ3v) is 9.67. The number of hydrogen-bond donors (Lipinski definition) is 3. The number of nitrogens with one attached hydrogen (secondary N) is 1. The van der Waals surface area contributed by atoms with Gasteiger partial charge in [-0.3, -0.25) is 10.2 Å². The normalized spacial score (nSPS) is 35.0. The lowest BCUT2D eigenvalue weighted by Crippen LogP contribution is -2.63. The molecule has 2 bridgehead atoms. The second kappa shape index (κ2) is 10.7. The standard InChI is InChI=1S/C25H37BrFN5O4/c1-12-16-8-14(25(16,3)4)9-19(12)30-24(34)22-21(13(2)33)20(10-29-31-28)36-32(22)11-15-18(27)7-6-17(26)23(15)35-5/h6-7,12-14,16,19-22,24,30,33-34H,8-11H2,1-5H3/t12-,13-,14+,16-,19-,20-,21+,22-,24?/m0/s1. The Morgan fingerprint density at radius 3 is 2.69 bits per heavy atom. The largest absolute Gasteiger partial charge is 0.495 e. The van der Waals surface area contributed by atoms with Crippen molar-refractivity contribution >= 4 is 15.9 Å². The molecule has 3 saturated carbocycles. The summed E-state index contributed by atoms with van der Waals surface area (Å²) in [5, 5.41) is 30.8. The van der Waals surface area contributed by atoms with E-state index in [4.69, 9.17) is 15.1 Å². The highest BCUT2D eigenvalue weighted by atomic mass is 79.9. The molecule has 1 aromatic rings. The zero-order valence-electron chi connectivity index (χ0n) is 21.4. The Balaban J connectivity index is 1.62. The van der Waals surface area contributed by atoms with E-state index in [0.29, 0.717) is 33.4 Å². The van der Waals surface area contributed by atoms with Crippen molar-refractivity contribution in [3.8, 4) is 5.75 Å². The van der Waals surface area contributed by atoms with Crippen molar-refractivity contribution in [3.63, 3.8) is 0 Å². The van der Waals surface area contributed by atoms with Crippen LogP contribution < -0.4 is 10.1 Å². The first-order chi connectivity index (χ1) is 17.0. The zero-order chi connectivity index (χ0) is 26.4. The SMILES string of the molecule is COc1c(Br)ccc(F)c1CN1O[C@@H](CN=[N+]=[N-])[C@@H]([C@H](C)O)[C@H]1C(O)N[C@H]1C[C@H]2C[C@@H]([C@@H]1C)C2(C)C. The maximum atomic E-state index is 14.9. The Morgan fingerprint density at radius 2 is 2.11 bits per heavy atom. The number of hydroxylamine groups is 2. The molecule has 1 aliphatic heterocycles. The van der Waals surface area contributed by atoms with Crippen molar-refractivity contribution in [2.45, 2.75) is 77.6 Å². The second-order valence-corrected chi connectivity index (χ2v) is 12.0. The molecule has 9 nitrogen and oxygen atoms in total. The van der Waals surface area contributed by atoms with E-state index < -0.39 is 36.2 Å². The summed E-state index contributed by atoms with van der Waals surface area (Å²) in [6, 6.07) is 2.30. The second-order valence-electron chi connectivity index (χ2n) is 11.2. The Bertz CT molecular complexity index is 1010. The van der Waals surface area contributed by atoms with Gasteiger partial charge in [0.05, 0.1) is 42.9 Å². The van der Waals surface area contributed by atoms with Crippen molar-refractivity contribution < 1.29 is 24.2 Å². The summed E-state index contributed by atoms with van der Waals surface area (Å²) in [5.41, 5.74) is 9.44. The molecule has 1 unspecified atom stereocenters. The maximum Gasteiger partial charge on any atom is 0.140 e. The minimum atomic E-state index is -1.06. The molecule has 4 aliphatic rings. The van der Waals surface area contributed by atoms with Crippen LogP contribution in [0.25, 0.3) is 10.4 Å². The smallest absolute Gasteiger partial charge is 0.140 e. The highest BCUT2D eigenvalue weighted by Gasteiger charge is 2.57. The van der Waals surface area contributed by atoms with Crippen LogP contribution in [-0.2, 0) is 11.4 Å². The van der Waals surface area contributed by atoms with Gasteiger partial charge in [0.1, 0.15) is 17.8 Å². The number of nitrogens with zero attached hydrogens (tertiary/aromatic N) is 4. The third kappa shape index (κ3) is 4.87. The number of aliphatic hydroxyl groups is 2. The molecule has 0 amide bonds. The summed E-state index contributed by atoms with van der Waals surface area (Å²) in [5.74, 6) is 0.836. The number of ether oxygens (including phenoxy) is 1. The first-order valence-electron chi connectivity index (χ1n) is 12.6. The molecule has 11 heteroatoms. The van der Waals surface area contributed by atoms with Gasteiger partial charge in [-0.05, 0) is 76.5 Å². The first kappa shape index (κ1) is 27.6. The molecule has 4 fully saturated rings. The van der Waals surface area contributed by atoms with E-state index in [2.05, 4.69) is 52.0 Å². The lowest BCUT2D eigenvalue weighted by molar-refractivity contribution is -0.188. The van der Waals surface area contributed by atoms with Crippen molar-refractivity contribution in [2.24, 2.45) is 34.2 Å². The monoisotopic (exact) mass is 569 g/mol. The predicted octanol–water partition coefficient (Wildman–Crippen LogP) is 4.37. The van der Waals surface area contributed by atoms with Crippen LogP contribution in [0.3, 0.4) is 0 Å². The number of hydrogen-bond acceptors (Lipinski definition) is 7. The molecular weight excluding hydrogens is 533 g/mol. The molecule has 1 saturated heterocycles. The highest BCUT2D eigenvalue weighted by Crippen LogP contribution is 2.61. The molecule has 3 aliphatic carbocycles. The van der Waals surface area contributed by atoms with Crippen LogP contribution in [0.2, 0.25) is 0 Å². The third-order valence-electron chi connectivity index (χ3n) is 9.04. The van der Waals surface area contributed by atoms with Crippen LogP contribution in [-0.4, -0.2) is 59.5 Å². The number of halogens is 2. The van der Waals surface area contributed by atoms with Gasteiger partial charge in [0.25, 0.3) is 0 Å². The lowest BCUT2D eigenvalue weighted by atomic mass is 9.44. The fourth-order valence-electron chi connectivity index (χ4n) is 6.89. The number of methoxy groups -OCH3 is 1. The fraction of sp³-hybridized carbons (Fsp3) is 0.760. The minimum absolute atomic E-state index is 0.0257. The van der Waals surface area contributed by atoms with E-state index >= 15 is 0 Å². The van der Waals surface area contributed by atoms with E-state index in [1.165, 1.54) is 24.7 Å². The fourth-order valence-corrected chi connectivity index (χ4v) is 7.43. The molecular formula is C25H37BrFN5O4. The van der Waals surface area contributed by atoms with Crippen molar-refractivity contribution in [3.05, 3.63) is 38.4 Å². The molecule has 0 aromatic heterocycles. The summed E-state index contributed by atoms with van der Waals surface area (Å²) < 4.78 is 20.9. The van der Waals surface area contributed by atoms with Gasteiger partial charge in [-0.2, -0.15) is 5.06 Å². The van der Waals surface area contributed by atoms with Gasteiger partial charge in [-0.15, -0.1) is 0 Å². The number of azide groups is 1. The van der Waals surface area contributed by atoms with E-state index in [0.717, 1.165) is 6.42 Å². The predicted molar refractivity (Wildman–Crippen MR) is 136 cm³/mol. The number of benzene rings is 1. The minimum Gasteiger partial charge on any atom is -0.495 e. The summed E-state index contributed by atoms with van der Waals surface area (Å²) in [4.78, 5) is 8.96. The summed E-state index contributed by atoms with van der Waals surface area (Å²) in [7, 11) is 1.46. The summed E-state index contributed by atoms with van der Waals surface area (Å²) >= 11 is 3.40. The van der Waals surface area contributed by atoms with Crippen LogP contribution in [0.15, 0.2) is 21.7 Å². The molecule has 3 N–H and O–H groups in total. The van der Waals surface area contributed by atoms with Crippen molar-refractivity contribution in [1.82, 2.24) is 10.4 Å². The first-order valence-corrected chi connectivity index (χ1v) is 13.4. The average Bonchev–Trinajstić information content (AvgIpc) is 3.19. The lowest BCUT2D eigenvalue weighted by Gasteiger charge is -2.62. The van der Waals surface area contributed by atoms with Crippen LogP contribution in [0.5, 0.6) is 5.75 Å².